The van der Waals surface area contributed by atoms with Crippen molar-refractivity contribution in [1.29, 1.82) is 0 Å². The van der Waals surface area contributed by atoms with Gasteiger partial charge >= 0.3 is 5.69 Å². The molecule has 148 valence electrons. The lowest BCUT2D eigenvalue weighted by Crippen LogP contribution is -2.37. The third-order valence-corrected chi connectivity index (χ3v) is 5.61. The number of hydrogen-bond donors (Lipinski definition) is 1. The van der Waals surface area contributed by atoms with Crippen molar-refractivity contribution in [3.8, 4) is 0 Å². The number of fused-ring (bicyclic) bond motifs is 1. The van der Waals surface area contributed by atoms with E-state index in [1.807, 2.05) is 38.1 Å². The summed E-state index contributed by atoms with van der Waals surface area (Å²) >= 11 is 1.24. The van der Waals surface area contributed by atoms with E-state index in [9.17, 15) is 14.4 Å². The lowest BCUT2D eigenvalue weighted by molar-refractivity contribution is -0.113. The molecule has 0 aliphatic rings. The van der Waals surface area contributed by atoms with Gasteiger partial charge in [0.2, 0.25) is 5.91 Å². The lowest BCUT2D eigenvalue weighted by Gasteiger charge is -2.10. The minimum absolute atomic E-state index is 0.148. The molecule has 1 aromatic carbocycles. The highest BCUT2D eigenvalue weighted by molar-refractivity contribution is 7.99. The van der Waals surface area contributed by atoms with Crippen LogP contribution in [0.15, 0.2) is 39.0 Å². The Morgan fingerprint density at radius 1 is 1.14 bits per heavy atom. The Balaban J connectivity index is 1.88. The van der Waals surface area contributed by atoms with Crippen LogP contribution in [-0.2, 0) is 31.9 Å². The van der Waals surface area contributed by atoms with Gasteiger partial charge < -0.3 is 9.88 Å². The van der Waals surface area contributed by atoms with Gasteiger partial charge in [0, 0.05) is 26.3 Å². The summed E-state index contributed by atoms with van der Waals surface area (Å²) in [5, 5.41) is 3.46. The molecule has 2 heterocycles. The second kappa shape index (κ2) is 8.05. The number of anilines is 1. The van der Waals surface area contributed by atoms with Gasteiger partial charge in [-0.2, -0.15) is 0 Å². The number of para-hydroxylation sites is 1. The maximum atomic E-state index is 12.5. The highest BCUT2D eigenvalue weighted by Crippen LogP contribution is 2.22. The van der Waals surface area contributed by atoms with Gasteiger partial charge in [-0.15, -0.1) is 0 Å². The van der Waals surface area contributed by atoms with Crippen LogP contribution < -0.4 is 16.6 Å². The first-order chi connectivity index (χ1) is 13.4. The van der Waals surface area contributed by atoms with Gasteiger partial charge in [-0.05, 0) is 25.0 Å². The number of carbonyl (C=O) groups is 1. The Morgan fingerprint density at radius 2 is 1.86 bits per heavy atom. The molecule has 0 unspecified atom stereocenters. The van der Waals surface area contributed by atoms with Gasteiger partial charge in [-0.1, -0.05) is 36.9 Å². The van der Waals surface area contributed by atoms with Gasteiger partial charge in [0.15, 0.2) is 16.3 Å². The molecule has 1 amide bonds. The Hall–Kier alpha value is -2.81. The van der Waals surface area contributed by atoms with Crippen molar-refractivity contribution in [1.82, 2.24) is 18.7 Å². The van der Waals surface area contributed by atoms with Crippen LogP contribution in [0.5, 0.6) is 0 Å². The van der Waals surface area contributed by atoms with E-state index < -0.39 is 5.69 Å². The predicted molar refractivity (Wildman–Crippen MR) is 111 cm³/mol. The van der Waals surface area contributed by atoms with E-state index >= 15 is 0 Å². The normalized spacial score (nSPS) is 11.1. The number of aromatic nitrogens is 4. The lowest BCUT2D eigenvalue weighted by atomic mass is 10.1. The number of thioether (sulfide) groups is 1. The standard InChI is InChI=1S/C19H23N5O3S/c1-5-12-9-7-8-10-13(12)20-14(25)11-28-18-21-16-15(24(18)6-2)17(26)23(4)19(27)22(16)3/h7-10H,5-6,11H2,1-4H3,(H,20,25). The molecule has 0 aliphatic heterocycles. The topological polar surface area (TPSA) is 90.9 Å². The third kappa shape index (κ3) is 3.49. The van der Waals surface area contributed by atoms with E-state index in [1.165, 1.54) is 23.4 Å². The molecule has 0 radical (unpaired) electrons. The van der Waals surface area contributed by atoms with Gasteiger partial charge in [0.25, 0.3) is 5.56 Å². The Morgan fingerprint density at radius 3 is 2.54 bits per heavy atom. The second-order valence-electron chi connectivity index (χ2n) is 6.36. The van der Waals surface area contributed by atoms with Crippen LogP contribution in [0.4, 0.5) is 5.69 Å². The summed E-state index contributed by atoms with van der Waals surface area (Å²) in [5.41, 5.74) is 1.75. The first kappa shape index (κ1) is 19.9. The van der Waals surface area contributed by atoms with Crippen molar-refractivity contribution in [3.05, 3.63) is 50.7 Å². The van der Waals surface area contributed by atoms with Crippen LogP contribution in [-0.4, -0.2) is 30.3 Å². The van der Waals surface area contributed by atoms with Gasteiger partial charge in [-0.25, -0.2) is 9.78 Å². The zero-order valence-corrected chi connectivity index (χ0v) is 17.2. The van der Waals surface area contributed by atoms with Crippen LogP contribution in [0, 0.1) is 0 Å². The Kier molecular flexibility index (Phi) is 5.73. The number of amides is 1. The maximum absolute atomic E-state index is 12.5. The summed E-state index contributed by atoms with van der Waals surface area (Å²) in [6, 6.07) is 7.68. The maximum Gasteiger partial charge on any atom is 0.332 e. The monoisotopic (exact) mass is 401 g/mol. The highest BCUT2D eigenvalue weighted by Gasteiger charge is 2.19. The summed E-state index contributed by atoms with van der Waals surface area (Å²) in [6.45, 7) is 4.44. The molecule has 0 saturated heterocycles. The molecule has 0 bridgehead atoms. The Bertz CT molecular complexity index is 1160. The minimum Gasteiger partial charge on any atom is -0.325 e. The smallest absolute Gasteiger partial charge is 0.325 e. The van der Waals surface area contributed by atoms with Gasteiger partial charge in [0.1, 0.15) is 0 Å². The summed E-state index contributed by atoms with van der Waals surface area (Å²) < 4.78 is 4.17. The molecule has 0 spiro atoms. The third-order valence-electron chi connectivity index (χ3n) is 4.63. The zero-order chi connectivity index (χ0) is 20.4. The number of benzene rings is 1. The fraction of sp³-hybridized carbons (Fsp3) is 0.368. The van der Waals surface area contributed by atoms with E-state index in [0.29, 0.717) is 22.9 Å². The van der Waals surface area contributed by atoms with E-state index in [1.54, 1.807) is 11.6 Å². The fourth-order valence-corrected chi connectivity index (χ4v) is 3.96. The predicted octanol–water partition coefficient (Wildman–Crippen LogP) is 1.75. The van der Waals surface area contributed by atoms with Crippen molar-refractivity contribution < 1.29 is 4.79 Å². The first-order valence-electron chi connectivity index (χ1n) is 9.05. The molecule has 0 saturated carbocycles. The minimum atomic E-state index is -0.427. The van der Waals surface area contributed by atoms with E-state index in [0.717, 1.165) is 22.2 Å². The molecular weight excluding hydrogens is 378 g/mol. The van der Waals surface area contributed by atoms with E-state index in [4.69, 9.17) is 0 Å². The largest absolute Gasteiger partial charge is 0.332 e. The number of imidazole rings is 1. The van der Waals surface area contributed by atoms with Crippen LogP contribution in [0.25, 0.3) is 11.2 Å². The van der Waals surface area contributed by atoms with Gasteiger partial charge in [-0.3, -0.25) is 18.7 Å². The number of hydrogen-bond acceptors (Lipinski definition) is 5. The molecule has 0 atom stereocenters. The van der Waals surface area contributed by atoms with Crippen LogP contribution >= 0.6 is 11.8 Å². The molecule has 0 fully saturated rings. The quantitative estimate of drug-likeness (QED) is 0.636. The summed E-state index contributed by atoms with van der Waals surface area (Å²) in [4.78, 5) is 41.6. The number of rotatable bonds is 6. The summed E-state index contributed by atoms with van der Waals surface area (Å²) in [5.74, 6) is -0.00211. The average molecular weight is 401 g/mol. The van der Waals surface area contributed by atoms with Crippen molar-refractivity contribution in [2.45, 2.75) is 32.0 Å². The van der Waals surface area contributed by atoms with E-state index in [2.05, 4.69) is 10.3 Å². The molecule has 2 aromatic heterocycles. The average Bonchev–Trinajstić information content (AvgIpc) is 3.08. The number of nitrogens with one attached hydrogen (secondary N) is 1. The van der Waals surface area contributed by atoms with Crippen molar-refractivity contribution in [2.75, 3.05) is 11.1 Å². The molecule has 28 heavy (non-hydrogen) atoms. The fourth-order valence-electron chi connectivity index (χ4n) is 3.10. The summed E-state index contributed by atoms with van der Waals surface area (Å²) in [7, 11) is 3.03. The SMILES string of the molecule is CCc1ccccc1NC(=O)CSc1nc2c(c(=O)n(C)c(=O)n2C)n1CC. The van der Waals surface area contributed by atoms with Crippen molar-refractivity contribution in [2.24, 2.45) is 14.1 Å². The van der Waals surface area contributed by atoms with Crippen LogP contribution in [0.1, 0.15) is 19.4 Å². The molecule has 1 N–H and O–H groups in total. The van der Waals surface area contributed by atoms with Crippen LogP contribution in [0.3, 0.4) is 0 Å². The molecule has 3 aromatic rings. The number of nitrogens with zero attached hydrogens (tertiary/aromatic N) is 4. The molecule has 0 aliphatic carbocycles. The van der Waals surface area contributed by atoms with E-state index in [-0.39, 0.29) is 17.2 Å². The summed E-state index contributed by atoms with van der Waals surface area (Å²) in [6.07, 6.45) is 0.826. The van der Waals surface area contributed by atoms with Crippen LogP contribution in [0.2, 0.25) is 0 Å². The number of aryl methyl sites for hydroxylation is 3. The molecule has 9 heteroatoms. The Labute approximate surface area is 166 Å². The van der Waals surface area contributed by atoms with Crippen molar-refractivity contribution >= 4 is 34.5 Å². The molecule has 3 rings (SSSR count). The highest BCUT2D eigenvalue weighted by atomic mass is 32.2. The molecular formula is C19H23N5O3S. The zero-order valence-electron chi connectivity index (χ0n) is 16.4. The number of carbonyl (C=O) groups excluding carboxylic acids is 1. The van der Waals surface area contributed by atoms with Gasteiger partial charge in [0.05, 0.1) is 5.75 Å². The molecule has 8 nitrogen and oxygen atoms in total. The van der Waals surface area contributed by atoms with Crippen molar-refractivity contribution in [3.63, 3.8) is 0 Å². The first-order valence-corrected chi connectivity index (χ1v) is 10.0. The second-order valence-corrected chi connectivity index (χ2v) is 7.31.